The Hall–Kier alpha value is -0.100. The van der Waals surface area contributed by atoms with Crippen LogP contribution in [0, 0.1) is 5.88 Å². The van der Waals surface area contributed by atoms with Crippen LogP contribution in [0.2, 0.25) is 0 Å². The fourth-order valence-electron chi connectivity index (χ4n) is 0. The summed E-state index contributed by atoms with van der Waals surface area (Å²) in [4.78, 5) is 0. The Kier molecular flexibility index (Phi) is 2.83. The van der Waals surface area contributed by atoms with E-state index >= 15 is 0 Å². The van der Waals surface area contributed by atoms with Crippen LogP contribution in [0.25, 0.3) is 0 Å². The van der Waals surface area contributed by atoms with Gasteiger partial charge >= 0.3 is 0 Å². The van der Waals surface area contributed by atoms with E-state index in [2.05, 4.69) is 12.5 Å². The molecule has 0 aliphatic rings. The van der Waals surface area contributed by atoms with E-state index in [0.717, 1.165) is 0 Å². The van der Waals surface area contributed by atoms with E-state index in [1.807, 2.05) is 0 Å². The summed E-state index contributed by atoms with van der Waals surface area (Å²) in [5.74, 6) is 2.17. The van der Waals surface area contributed by atoms with E-state index in [-0.39, 0.29) is 0 Å². The molecular weight excluding hydrogens is 71.5 g/mol. The van der Waals surface area contributed by atoms with Gasteiger partial charge in [0, 0.05) is 6.58 Å². The molecule has 0 aromatic carbocycles. The molecule has 0 spiro atoms. The number of allylic oxidation sites excluding steroid dienone is 1. The average molecular weight is 74.5 g/mol. The third kappa shape index (κ3) is 1.90. The zero-order valence-electron chi connectivity index (χ0n) is 2.16. The highest BCUT2D eigenvalue weighted by Crippen LogP contribution is 1.77. The standard InChI is InChI=1S/C3H3Cl/c1-2-3-4/h2H,1H2/q+1. The van der Waals surface area contributed by atoms with Crippen molar-refractivity contribution in [3.8, 4) is 0 Å². The molecule has 0 bridgehead atoms. The van der Waals surface area contributed by atoms with Crippen molar-refractivity contribution in [2.75, 3.05) is 0 Å². The largest absolute Gasteiger partial charge is 0.277 e. The van der Waals surface area contributed by atoms with Crippen LogP contribution in [-0.2, 0) is 0 Å². The van der Waals surface area contributed by atoms with Gasteiger partial charge in [-0.25, -0.2) is 0 Å². The summed E-state index contributed by atoms with van der Waals surface area (Å²) >= 11 is 4.82. The minimum atomic E-state index is 1.39. The lowest BCUT2D eigenvalue weighted by atomic mass is 10.8. The quantitative estimate of drug-likeness (QED) is 0.413. The molecule has 0 rings (SSSR count). The predicted octanol–water partition coefficient (Wildman–Crippen LogP) is 1.45. The van der Waals surface area contributed by atoms with Gasteiger partial charge in [0.1, 0.15) is 6.08 Å². The maximum atomic E-state index is 4.82. The molecule has 0 nitrogen and oxygen atoms in total. The molecule has 0 atom stereocenters. The van der Waals surface area contributed by atoms with Gasteiger partial charge in [-0.15, -0.1) is 0 Å². The second-order valence-electron chi connectivity index (χ2n) is 0.313. The second-order valence-corrected chi connectivity index (χ2v) is 0.531. The van der Waals surface area contributed by atoms with Crippen molar-refractivity contribution in [3.05, 3.63) is 18.5 Å². The molecule has 0 saturated carbocycles. The molecule has 0 heterocycles. The molecule has 0 unspecified atom stereocenters. The molecule has 0 aromatic rings. The van der Waals surface area contributed by atoms with Crippen molar-refractivity contribution < 1.29 is 0 Å². The highest BCUT2D eigenvalue weighted by atomic mass is 35.5. The first-order chi connectivity index (χ1) is 1.91. The zero-order chi connectivity index (χ0) is 3.41. The van der Waals surface area contributed by atoms with Crippen LogP contribution in [-0.4, -0.2) is 0 Å². The summed E-state index contributed by atoms with van der Waals surface area (Å²) in [6.45, 7) is 3.24. The third-order valence-electron chi connectivity index (χ3n) is 0.0772. The van der Waals surface area contributed by atoms with Gasteiger partial charge in [-0.3, -0.25) is 0 Å². The number of hydrogen-bond donors (Lipinski definition) is 0. The van der Waals surface area contributed by atoms with Gasteiger partial charge in [-0.05, 0) is 0 Å². The maximum absolute atomic E-state index is 4.82. The summed E-state index contributed by atoms with van der Waals surface area (Å²) in [5, 5.41) is 0. The van der Waals surface area contributed by atoms with Crippen molar-refractivity contribution in [1.82, 2.24) is 0 Å². The minimum absolute atomic E-state index is 1.39. The minimum Gasteiger partial charge on any atom is 0.0306 e. The van der Waals surface area contributed by atoms with Crippen LogP contribution < -0.4 is 0 Å². The Labute approximate surface area is 31.1 Å². The molecule has 0 aliphatic carbocycles. The van der Waals surface area contributed by atoms with Crippen molar-refractivity contribution >= 4 is 11.6 Å². The molecule has 0 saturated heterocycles. The van der Waals surface area contributed by atoms with Gasteiger partial charge in [0.25, 0.3) is 5.88 Å². The van der Waals surface area contributed by atoms with Gasteiger partial charge in [0.15, 0.2) is 0 Å². The van der Waals surface area contributed by atoms with E-state index in [1.54, 1.807) is 0 Å². The molecule has 0 N–H and O–H groups in total. The monoisotopic (exact) mass is 74.0 g/mol. The molecule has 0 amide bonds. The summed E-state index contributed by atoms with van der Waals surface area (Å²) < 4.78 is 0. The van der Waals surface area contributed by atoms with Crippen LogP contribution in [0.4, 0.5) is 0 Å². The fourth-order valence-corrected chi connectivity index (χ4v) is 0. The molecular formula is C3H3Cl+. The first-order valence-corrected chi connectivity index (χ1v) is 1.26. The summed E-state index contributed by atoms with van der Waals surface area (Å²) in [7, 11) is 0. The highest BCUT2D eigenvalue weighted by Gasteiger charge is 1.69. The van der Waals surface area contributed by atoms with Crippen molar-refractivity contribution in [2.45, 2.75) is 0 Å². The topological polar surface area (TPSA) is 0 Å². The van der Waals surface area contributed by atoms with Gasteiger partial charge in [-0.2, -0.15) is 0 Å². The molecule has 0 aliphatic heterocycles. The fraction of sp³-hybridized carbons (Fsp3) is 0. The molecule has 0 fully saturated rings. The van der Waals surface area contributed by atoms with Crippen LogP contribution in [0.15, 0.2) is 12.7 Å². The van der Waals surface area contributed by atoms with E-state index in [1.165, 1.54) is 6.08 Å². The van der Waals surface area contributed by atoms with Gasteiger partial charge in [-0.1, -0.05) is 0 Å². The lowest BCUT2D eigenvalue weighted by molar-refractivity contribution is 2.07. The smallest absolute Gasteiger partial charge is 0.0306 e. The SMILES string of the molecule is C=C[C+]Cl. The van der Waals surface area contributed by atoms with Crippen LogP contribution >= 0.6 is 11.6 Å². The maximum Gasteiger partial charge on any atom is 0.277 e. The van der Waals surface area contributed by atoms with E-state index in [9.17, 15) is 0 Å². The zero-order valence-corrected chi connectivity index (χ0v) is 2.92. The van der Waals surface area contributed by atoms with Crippen LogP contribution in [0.1, 0.15) is 0 Å². The lowest BCUT2D eigenvalue weighted by Crippen LogP contribution is -1.31. The van der Waals surface area contributed by atoms with E-state index < -0.39 is 0 Å². The summed E-state index contributed by atoms with van der Waals surface area (Å²) in [5.41, 5.74) is 0. The first-order valence-electron chi connectivity index (χ1n) is 0.886. The van der Waals surface area contributed by atoms with Gasteiger partial charge in [0.05, 0.1) is 11.6 Å². The Bertz CT molecular complexity index is 17.2. The van der Waals surface area contributed by atoms with Crippen molar-refractivity contribution in [1.29, 1.82) is 0 Å². The van der Waals surface area contributed by atoms with Crippen LogP contribution in [0.3, 0.4) is 0 Å². The highest BCUT2D eigenvalue weighted by molar-refractivity contribution is 6.24. The van der Waals surface area contributed by atoms with Gasteiger partial charge < -0.3 is 0 Å². The van der Waals surface area contributed by atoms with Gasteiger partial charge in [0.2, 0.25) is 0 Å². The van der Waals surface area contributed by atoms with Crippen molar-refractivity contribution in [3.63, 3.8) is 0 Å². The molecule has 0 aromatic heterocycles. The molecule has 1 radical (unpaired) electrons. The Balaban J connectivity index is 2.30. The molecule has 1 heteroatoms. The Morgan fingerprint density at radius 3 is 2.25 bits per heavy atom. The lowest BCUT2D eigenvalue weighted by Gasteiger charge is -1.34. The molecule has 21 valence electrons. The Morgan fingerprint density at radius 2 is 2.25 bits per heavy atom. The summed E-state index contributed by atoms with van der Waals surface area (Å²) in [6, 6.07) is 0. The van der Waals surface area contributed by atoms with E-state index in [0.29, 0.717) is 0 Å². The second kappa shape index (κ2) is 2.90. The van der Waals surface area contributed by atoms with Crippen molar-refractivity contribution in [2.24, 2.45) is 0 Å². The average Bonchev–Trinajstić information content (AvgIpc) is 1.37. The molecule has 4 heavy (non-hydrogen) atoms. The predicted molar refractivity (Wildman–Crippen MR) is 19.3 cm³/mol. The first kappa shape index (κ1) is 3.90. The summed E-state index contributed by atoms with van der Waals surface area (Å²) in [6.07, 6.45) is 1.39. The third-order valence-corrected chi connectivity index (χ3v) is 0.231. The van der Waals surface area contributed by atoms with E-state index in [4.69, 9.17) is 11.6 Å². The Morgan fingerprint density at radius 1 is 2.00 bits per heavy atom. The number of halogens is 1. The van der Waals surface area contributed by atoms with Crippen LogP contribution in [0.5, 0.6) is 0 Å². The number of hydrogen-bond acceptors (Lipinski definition) is 0. The number of rotatable bonds is 1. The normalized spacial score (nSPS) is 5.25.